The first kappa shape index (κ1) is 23.0. The molecule has 2 N–H and O–H groups in total. The van der Waals surface area contributed by atoms with Crippen molar-refractivity contribution in [2.75, 3.05) is 6.54 Å². The summed E-state index contributed by atoms with van der Waals surface area (Å²) in [6, 6.07) is 16.5. The number of aryl methyl sites for hydroxylation is 2. The van der Waals surface area contributed by atoms with Crippen LogP contribution in [0.3, 0.4) is 0 Å². The molecule has 0 saturated carbocycles. The van der Waals surface area contributed by atoms with E-state index in [0.717, 1.165) is 34.2 Å². The lowest BCUT2D eigenvalue weighted by atomic mass is 10.0. The summed E-state index contributed by atoms with van der Waals surface area (Å²) < 4.78 is 27.4. The molecule has 31 heavy (non-hydrogen) atoms. The van der Waals surface area contributed by atoms with Crippen LogP contribution in [0.15, 0.2) is 59.5 Å². The van der Waals surface area contributed by atoms with E-state index in [1.807, 2.05) is 25.1 Å². The standard InChI is InChI=1S/C25H29NO4S/c1-17(2)19-9-13-22-20(16-24(25(27)28)23(22)14-10-19)6-4-5-15-26-31(29,30)21-11-7-18(3)8-12-21/h7-14,16-17,26H,4-6,15H2,1-3H3,(H,27,28). The third-order valence-electron chi connectivity index (χ3n) is 5.52. The molecule has 0 spiro atoms. The van der Waals surface area contributed by atoms with Gasteiger partial charge in [-0.1, -0.05) is 55.8 Å². The normalized spacial score (nSPS) is 11.9. The number of hydrogen-bond acceptors (Lipinski definition) is 3. The molecule has 0 atom stereocenters. The van der Waals surface area contributed by atoms with E-state index >= 15 is 0 Å². The highest BCUT2D eigenvalue weighted by molar-refractivity contribution is 7.89. The first-order chi connectivity index (χ1) is 14.7. The van der Waals surface area contributed by atoms with Gasteiger partial charge in [0, 0.05) is 6.54 Å². The van der Waals surface area contributed by atoms with Gasteiger partial charge in [0.2, 0.25) is 10.0 Å². The average molecular weight is 440 g/mol. The highest BCUT2D eigenvalue weighted by atomic mass is 32.2. The van der Waals surface area contributed by atoms with E-state index in [9.17, 15) is 18.3 Å². The number of unbranched alkanes of at least 4 members (excludes halogenated alkanes) is 1. The Morgan fingerprint density at radius 3 is 2.23 bits per heavy atom. The van der Waals surface area contributed by atoms with Crippen LogP contribution in [-0.4, -0.2) is 26.0 Å². The third-order valence-corrected chi connectivity index (χ3v) is 7.00. The molecule has 3 rings (SSSR count). The summed E-state index contributed by atoms with van der Waals surface area (Å²) in [4.78, 5) is 12.0. The van der Waals surface area contributed by atoms with Gasteiger partial charge in [0.25, 0.3) is 0 Å². The van der Waals surface area contributed by atoms with Crippen LogP contribution in [0.4, 0.5) is 0 Å². The van der Waals surface area contributed by atoms with Gasteiger partial charge < -0.3 is 5.11 Å². The molecule has 0 aromatic heterocycles. The molecular formula is C25H29NO4S. The van der Waals surface area contributed by atoms with Crippen molar-refractivity contribution in [2.24, 2.45) is 0 Å². The van der Waals surface area contributed by atoms with Gasteiger partial charge >= 0.3 is 5.97 Å². The van der Waals surface area contributed by atoms with Crippen molar-refractivity contribution >= 4 is 16.0 Å². The number of carboxylic acids is 1. The van der Waals surface area contributed by atoms with E-state index in [0.29, 0.717) is 30.9 Å². The maximum absolute atomic E-state index is 12.4. The van der Waals surface area contributed by atoms with Crippen LogP contribution in [0, 0.1) is 6.92 Å². The van der Waals surface area contributed by atoms with Gasteiger partial charge in [-0.25, -0.2) is 17.9 Å². The summed E-state index contributed by atoms with van der Waals surface area (Å²) in [6.07, 6.45) is 2.11. The van der Waals surface area contributed by atoms with Gasteiger partial charge in [0.1, 0.15) is 0 Å². The van der Waals surface area contributed by atoms with Crippen LogP contribution in [0.25, 0.3) is 11.1 Å². The SMILES string of the molecule is Cc1ccc(S(=O)(=O)NCCCCc2cc(C(=O)O)c3ccc(C(C)C)ccc2-3)cc1. The van der Waals surface area contributed by atoms with E-state index in [2.05, 4.69) is 24.6 Å². The molecule has 5 nitrogen and oxygen atoms in total. The van der Waals surface area contributed by atoms with Crippen LogP contribution in [0.2, 0.25) is 0 Å². The Morgan fingerprint density at radius 2 is 1.61 bits per heavy atom. The number of aromatic carboxylic acids is 1. The minimum absolute atomic E-state index is 0.264. The maximum Gasteiger partial charge on any atom is 0.336 e. The van der Waals surface area contributed by atoms with Crippen LogP contribution in [0.1, 0.15) is 59.7 Å². The fraction of sp³-hybridized carbons (Fsp3) is 0.320. The minimum atomic E-state index is -3.51. The first-order valence-corrected chi connectivity index (χ1v) is 12.0. The zero-order valence-electron chi connectivity index (χ0n) is 18.2. The lowest BCUT2D eigenvalue weighted by Crippen LogP contribution is -2.24. The second-order valence-corrected chi connectivity index (χ2v) is 9.97. The monoisotopic (exact) mass is 439 g/mol. The number of carbonyl (C=O) groups is 1. The Bertz CT molecular complexity index is 1130. The lowest BCUT2D eigenvalue weighted by Gasteiger charge is -2.07. The average Bonchev–Trinajstić information content (AvgIpc) is 2.90. The maximum atomic E-state index is 12.4. The zero-order valence-corrected chi connectivity index (χ0v) is 19.0. The summed E-state index contributed by atoms with van der Waals surface area (Å²) in [5.74, 6) is -0.575. The molecule has 0 heterocycles. The Morgan fingerprint density at radius 1 is 0.968 bits per heavy atom. The number of sulfonamides is 1. The van der Waals surface area contributed by atoms with Crippen molar-refractivity contribution in [1.82, 2.24) is 4.72 Å². The minimum Gasteiger partial charge on any atom is -0.478 e. The van der Waals surface area contributed by atoms with Crippen molar-refractivity contribution in [1.29, 1.82) is 0 Å². The summed E-state index contributed by atoms with van der Waals surface area (Å²) in [5, 5.41) is 9.60. The first-order valence-electron chi connectivity index (χ1n) is 10.5. The predicted octanol–water partition coefficient (Wildman–Crippen LogP) is 5.22. The zero-order chi connectivity index (χ0) is 22.6. The van der Waals surface area contributed by atoms with Gasteiger partial charge in [0.05, 0.1) is 10.5 Å². The second kappa shape index (κ2) is 9.62. The molecule has 1 aromatic carbocycles. The Labute approximate surface area is 184 Å². The van der Waals surface area contributed by atoms with Gasteiger partial charge in [-0.05, 0) is 72.6 Å². The molecular weight excluding hydrogens is 410 g/mol. The quantitative estimate of drug-likeness (QED) is 0.448. The van der Waals surface area contributed by atoms with Gasteiger partial charge in [-0.15, -0.1) is 0 Å². The number of rotatable bonds is 9. The molecule has 0 fully saturated rings. The Kier molecular flexibility index (Phi) is 7.13. The van der Waals surface area contributed by atoms with Crippen LogP contribution in [0.5, 0.6) is 0 Å². The second-order valence-electron chi connectivity index (χ2n) is 8.21. The number of hydrogen-bond donors (Lipinski definition) is 2. The largest absolute Gasteiger partial charge is 0.478 e. The topological polar surface area (TPSA) is 83.5 Å². The molecule has 0 amide bonds. The summed E-state index contributed by atoms with van der Waals surface area (Å²) in [5.41, 5.74) is 5.16. The molecule has 2 aliphatic rings. The summed E-state index contributed by atoms with van der Waals surface area (Å²) in [6.45, 7) is 6.47. The molecule has 1 aromatic rings. The lowest BCUT2D eigenvalue weighted by molar-refractivity contribution is 0.0698. The van der Waals surface area contributed by atoms with Gasteiger partial charge in [-0.3, -0.25) is 0 Å². The van der Waals surface area contributed by atoms with E-state index in [4.69, 9.17) is 0 Å². The van der Waals surface area contributed by atoms with Crippen molar-refractivity contribution in [3.8, 4) is 11.1 Å². The van der Waals surface area contributed by atoms with Crippen molar-refractivity contribution in [3.63, 3.8) is 0 Å². The number of carboxylic acid groups (broad SMARTS) is 1. The van der Waals surface area contributed by atoms with Gasteiger partial charge in [-0.2, -0.15) is 0 Å². The van der Waals surface area contributed by atoms with E-state index in [1.165, 1.54) is 0 Å². The summed E-state index contributed by atoms with van der Waals surface area (Å²) in [7, 11) is -3.51. The van der Waals surface area contributed by atoms with Crippen molar-refractivity contribution in [2.45, 2.75) is 50.8 Å². The number of fused-ring (bicyclic) bond motifs is 1. The van der Waals surface area contributed by atoms with E-state index in [1.54, 1.807) is 30.3 Å². The van der Waals surface area contributed by atoms with Crippen LogP contribution >= 0.6 is 0 Å². The van der Waals surface area contributed by atoms with Crippen LogP contribution in [-0.2, 0) is 16.4 Å². The molecule has 164 valence electrons. The molecule has 0 radical (unpaired) electrons. The van der Waals surface area contributed by atoms with Crippen molar-refractivity contribution in [3.05, 3.63) is 76.9 Å². The molecule has 6 heteroatoms. The number of nitrogens with one attached hydrogen (secondary N) is 1. The molecule has 2 aliphatic carbocycles. The fourth-order valence-corrected chi connectivity index (χ4v) is 4.73. The van der Waals surface area contributed by atoms with E-state index in [-0.39, 0.29) is 4.90 Å². The van der Waals surface area contributed by atoms with Crippen molar-refractivity contribution < 1.29 is 18.3 Å². The third kappa shape index (κ3) is 5.51. The highest BCUT2D eigenvalue weighted by Gasteiger charge is 2.19. The predicted molar refractivity (Wildman–Crippen MR) is 123 cm³/mol. The highest BCUT2D eigenvalue weighted by Crippen LogP contribution is 2.34. The Balaban J connectivity index is 1.66. The smallest absolute Gasteiger partial charge is 0.336 e. The number of benzene rings is 1. The molecule has 0 saturated heterocycles. The molecule has 0 unspecified atom stereocenters. The molecule has 0 aliphatic heterocycles. The summed E-state index contributed by atoms with van der Waals surface area (Å²) >= 11 is 0. The fourth-order valence-electron chi connectivity index (χ4n) is 3.66. The Hall–Kier alpha value is -2.70. The van der Waals surface area contributed by atoms with E-state index < -0.39 is 16.0 Å². The molecule has 0 bridgehead atoms. The van der Waals surface area contributed by atoms with Gasteiger partial charge in [0.15, 0.2) is 0 Å². The van der Waals surface area contributed by atoms with Crippen LogP contribution < -0.4 is 4.72 Å².